The Balaban J connectivity index is 2.24. The number of carbonyl (C=O) groups excluding carboxylic acids is 1. The molecule has 1 aromatic heterocycles. The van der Waals surface area contributed by atoms with Crippen molar-refractivity contribution in [2.75, 3.05) is 5.73 Å². The van der Waals surface area contributed by atoms with Gasteiger partial charge in [0, 0.05) is 12.1 Å². The molecule has 7 heteroatoms. The van der Waals surface area contributed by atoms with Crippen molar-refractivity contribution in [1.82, 2.24) is 14.9 Å². The molecule has 1 aliphatic heterocycles. The van der Waals surface area contributed by atoms with Crippen molar-refractivity contribution in [3.63, 3.8) is 0 Å². The number of aromatic hydroxyl groups is 1. The summed E-state index contributed by atoms with van der Waals surface area (Å²) in [6.45, 7) is 0.753. The average molecular weight is 291 g/mol. The fourth-order valence-corrected chi connectivity index (χ4v) is 2.59. The van der Waals surface area contributed by atoms with Crippen molar-refractivity contribution in [1.29, 1.82) is 0 Å². The van der Waals surface area contributed by atoms with E-state index in [-0.39, 0.29) is 11.7 Å². The van der Waals surface area contributed by atoms with Gasteiger partial charge in [-0.15, -0.1) is 0 Å². The second-order valence-corrected chi connectivity index (χ2v) is 4.91. The van der Waals surface area contributed by atoms with Gasteiger partial charge in [-0.25, -0.2) is 9.97 Å². The van der Waals surface area contributed by atoms with Crippen molar-refractivity contribution in [2.45, 2.75) is 13.1 Å². The quantitative estimate of drug-likeness (QED) is 0.819. The summed E-state index contributed by atoms with van der Waals surface area (Å²) in [4.78, 5) is 20.8. The van der Waals surface area contributed by atoms with Crippen molar-refractivity contribution in [3.05, 3.63) is 34.5 Å². The molecular formula is C13H11ClN4O2. The molecule has 3 rings (SSSR count). The summed E-state index contributed by atoms with van der Waals surface area (Å²) in [5.74, 6) is 0.105. The van der Waals surface area contributed by atoms with Crippen LogP contribution in [0.3, 0.4) is 0 Å². The molecule has 0 radical (unpaired) electrons. The number of hydrogen-bond donors (Lipinski definition) is 2. The second kappa shape index (κ2) is 4.64. The molecule has 0 aliphatic carbocycles. The molecule has 0 spiro atoms. The number of phenols is 1. The Kier molecular flexibility index (Phi) is 2.94. The van der Waals surface area contributed by atoms with Gasteiger partial charge in [0.05, 0.1) is 28.5 Å². The van der Waals surface area contributed by atoms with Gasteiger partial charge in [0.15, 0.2) is 0 Å². The van der Waals surface area contributed by atoms with Crippen LogP contribution < -0.4 is 5.73 Å². The minimum Gasteiger partial charge on any atom is -0.507 e. The van der Waals surface area contributed by atoms with Gasteiger partial charge in [0.25, 0.3) is 0 Å². The monoisotopic (exact) mass is 290 g/mol. The van der Waals surface area contributed by atoms with E-state index in [0.29, 0.717) is 35.1 Å². The normalized spacial score (nSPS) is 13.3. The number of rotatable bonds is 2. The smallest absolute Gasteiger partial charge is 0.220 e. The topological polar surface area (TPSA) is 92.3 Å². The lowest BCUT2D eigenvalue weighted by Gasteiger charge is -2.11. The van der Waals surface area contributed by atoms with Crippen molar-refractivity contribution < 1.29 is 9.90 Å². The molecule has 6 nitrogen and oxygen atoms in total. The van der Waals surface area contributed by atoms with Crippen LogP contribution in [0.4, 0.5) is 5.95 Å². The number of carbonyl (C=O) groups is 1. The zero-order valence-corrected chi connectivity index (χ0v) is 11.1. The number of nitrogens with two attached hydrogens (primary N) is 1. The predicted octanol–water partition coefficient (Wildman–Crippen LogP) is 1.56. The summed E-state index contributed by atoms with van der Waals surface area (Å²) in [5, 5.41) is 10.4. The molecule has 0 fully saturated rings. The lowest BCUT2D eigenvalue weighted by atomic mass is 10.0. The molecule has 1 amide bonds. The minimum atomic E-state index is 0.0161. The van der Waals surface area contributed by atoms with Gasteiger partial charge in [0.2, 0.25) is 12.4 Å². The highest BCUT2D eigenvalue weighted by Gasteiger charge is 2.26. The third-order valence-electron chi connectivity index (χ3n) is 3.20. The summed E-state index contributed by atoms with van der Waals surface area (Å²) >= 11 is 6.14. The third-order valence-corrected chi connectivity index (χ3v) is 3.52. The number of hydrogen-bond acceptors (Lipinski definition) is 5. The van der Waals surface area contributed by atoms with Gasteiger partial charge >= 0.3 is 0 Å². The summed E-state index contributed by atoms with van der Waals surface area (Å²) < 4.78 is 0. The van der Waals surface area contributed by atoms with Gasteiger partial charge in [-0.2, -0.15) is 0 Å². The summed E-state index contributed by atoms with van der Waals surface area (Å²) in [6.07, 6.45) is 0.744. The zero-order chi connectivity index (χ0) is 14.3. The first-order valence-electron chi connectivity index (χ1n) is 5.92. The number of aromatic nitrogens is 2. The fourth-order valence-electron chi connectivity index (χ4n) is 2.33. The van der Waals surface area contributed by atoms with E-state index in [0.717, 1.165) is 12.0 Å². The SMILES string of the molecule is Nc1nc2c(c(-c3c(O)cccc3Cl)n1)CN(C=O)C2. The Labute approximate surface area is 119 Å². The molecule has 0 saturated heterocycles. The highest BCUT2D eigenvalue weighted by molar-refractivity contribution is 6.33. The van der Waals surface area contributed by atoms with Crippen molar-refractivity contribution in [2.24, 2.45) is 0 Å². The maximum absolute atomic E-state index is 10.9. The number of anilines is 1. The molecule has 0 atom stereocenters. The first kappa shape index (κ1) is 12.7. The predicted molar refractivity (Wildman–Crippen MR) is 73.9 cm³/mol. The Morgan fingerprint density at radius 1 is 1.35 bits per heavy atom. The number of halogens is 1. The maximum atomic E-state index is 10.9. The highest BCUT2D eigenvalue weighted by Crippen LogP contribution is 2.39. The second-order valence-electron chi connectivity index (χ2n) is 4.50. The molecule has 0 bridgehead atoms. The van der Waals surface area contributed by atoms with E-state index < -0.39 is 0 Å². The Hall–Kier alpha value is -2.34. The van der Waals surface area contributed by atoms with Crippen LogP contribution in [-0.4, -0.2) is 26.4 Å². The van der Waals surface area contributed by atoms with E-state index in [1.54, 1.807) is 17.0 Å². The summed E-state index contributed by atoms with van der Waals surface area (Å²) in [7, 11) is 0. The molecular weight excluding hydrogens is 280 g/mol. The van der Waals surface area contributed by atoms with Gasteiger partial charge in [-0.05, 0) is 12.1 Å². The molecule has 3 N–H and O–H groups in total. The lowest BCUT2D eigenvalue weighted by Crippen LogP contribution is -2.12. The standard InChI is InChI=1S/C13H11ClN4O2/c14-8-2-1-3-10(20)11(8)12-7-4-18(6-19)5-9(7)16-13(15)17-12/h1-3,6,20H,4-5H2,(H2,15,16,17). The molecule has 1 aliphatic rings. The molecule has 2 aromatic rings. The first-order valence-corrected chi connectivity index (χ1v) is 6.30. The highest BCUT2D eigenvalue weighted by atomic mass is 35.5. The number of amides is 1. The minimum absolute atomic E-state index is 0.0161. The third kappa shape index (κ3) is 1.94. The van der Waals surface area contributed by atoms with E-state index in [2.05, 4.69) is 9.97 Å². The van der Waals surface area contributed by atoms with E-state index in [4.69, 9.17) is 17.3 Å². The molecule has 0 unspecified atom stereocenters. The number of benzene rings is 1. The van der Waals surface area contributed by atoms with Crippen molar-refractivity contribution >= 4 is 24.0 Å². The van der Waals surface area contributed by atoms with Crippen LogP contribution in [0.5, 0.6) is 5.75 Å². The number of nitrogen functional groups attached to an aromatic ring is 1. The molecule has 0 saturated carbocycles. The van der Waals surface area contributed by atoms with E-state index in [1.165, 1.54) is 6.07 Å². The maximum Gasteiger partial charge on any atom is 0.220 e. The lowest BCUT2D eigenvalue weighted by molar-refractivity contribution is -0.118. The Morgan fingerprint density at radius 3 is 2.85 bits per heavy atom. The van der Waals surface area contributed by atoms with Gasteiger partial charge in [0.1, 0.15) is 5.75 Å². The van der Waals surface area contributed by atoms with Gasteiger partial charge < -0.3 is 15.7 Å². The Bertz CT molecular complexity index is 685. The largest absolute Gasteiger partial charge is 0.507 e. The molecule has 1 aromatic carbocycles. The number of fused-ring (bicyclic) bond motifs is 1. The zero-order valence-electron chi connectivity index (χ0n) is 10.4. The van der Waals surface area contributed by atoms with Crippen LogP contribution in [0.1, 0.15) is 11.3 Å². The van der Waals surface area contributed by atoms with Gasteiger partial charge in [-0.3, -0.25) is 4.79 Å². The molecule has 2 heterocycles. The van der Waals surface area contributed by atoms with E-state index in [1.807, 2.05) is 0 Å². The fraction of sp³-hybridized carbons (Fsp3) is 0.154. The molecule has 20 heavy (non-hydrogen) atoms. The van der Waals surface area contributed by atoms with Crippen LogP contribution >= 0.6 is 11.6 Å². The van der Waals surface area contributed by atoms with Crippen LogP contribution in [0.2, 0.25) is 5.02 Å². The first-order chi connectivity index (χ1) is 9.60. The van der Waals surface area contributed by atoms with Gasteiger partial charge in [-0.1, -0.05) is 17.7 Å². The van der Waals surface area contributed by atoms with E-state index in [9.17, 15) is 9.90 Å². The summed E-state index contributed by atoms with van der Waals surface area (Å²) in [6, 6.07) is 4.83. The van der Waals surface area contributed by atoms with Crippen LogP contribution in [0.25, 0.3) is 11.3 Å². The number of nitrogens with zero attached hydrogens (tertiary/aromatic N) is 3. The van der Waals surface area contributed by atoms with Crippen LogP contribution in [0, 0.1) is 0 Å². The van der Waals surface area contributed by atoms with E-state index >= 15 is 0 Å². The Morgan fingerprint density at radius 2 is 2.15 bits per heavy atom. The molecule has 102 valence electrons. The van der Waals surface area contributed by atoms with Crippen LogP contribution in [-0.2, 0) is 17.9 Å². The number of phenolic OH excluding ortho intramolecular Hbond substituents is 1. The van der Waals surface area contributed by atoms with Crippen molar-refractivity contribution in [3.8, 4) is 17.0 Å². The van der Waals surface area contributed by atoms with Crippen LogP contribution in [0.15, 0.2) is 18.2 Å². The summed E-state index contributed by atoms with van der Waals surface area (Å²) in [5.41, 5.74) is 8.02. The average Bonchev–Trinajstić information content (AvgIpc) is 2.81.